The van der Waals surface area contributed by atoms with Gasteiger partial charge in [-0.3, -0.25) is 4.90 Å². The van der Waals surface area contributed by atoms with Crippen LogP contribution in [0.5, 0.6) is 0 Å². The molecule has 0 amide bonds. The van der Waals surface area contributed by atoms with Crippen LogP contribution in [-0.2, 0) is 10.0 Å². The van der Waals surface area contributed by atoms with Gasteiger partial charge in [-0.05, 0) is 25.3 Å². The summed E-state index contributed by atoms with van der Waals surface area (Å²) < 4.78 is 27.2. The predicted molar refractivity (Wildman–Crippen MR) is 74.6 cm³/mol. The molecule has 0 radical (unpaired) electrons. The van der Waals surface area contributed by atoms with Gasteiger partial charge in [0.1, 0.15) is 4.21 Å². The van der Waals surface area contributed by atoms with Gasteiger partial charge in [0.2, 0.25) is 10.0 Å². The number of rotatable bonds is 5. The van der Waals surface area contributed by atoms with E-state index in [1.165, 1.54) is 24.3 Å². The molecule has 2 aliphatic rings. The van der Waals surface area contributed by atoms with Crippen LogP contribution >= 0.6 is 11.3 Å². The molecular formula is C12H16N2O4S2. The van der Waals surface area contributed by atoms with Crippen LogP contribution in [0.2, 0.25) is 0 Å². The number of nitrogens with one attached hydrogen (secondary N) is 1. The van der Waals surface area contributed by atoms with Crippen LogP contribution in [0.15, 0.2) is 15.7 Å². The van der Waals surface area contributed by atoms with Crippen molar-refractivity contribution in [1.29, 1.82) is 0 Å². The molecule has 6 nitrogen and oxygen atoms in total. The third kappa shape index (κ3) is 2.88. The van der Waals surface area contributed by atoms with Crippen molar-refractivity contribution in [2.75, 3.05) is 13.1 Å². The fourth-order valence-electron chi connectivity index (χ4n) is 2.50. The Bertz CT molecular complexity index is 621. The minimum atomic E-state index is -3.61. The number of likely N-dealkylation sites (tertiary alicyclic amines) is 1. The Balaban J connectivity index is 1.67. The van der Waals surface area contributed by atoms with Crippen LogP contribution in [0.4, 0.5) is 0 Å². The van der Waals surface area contributed by atoms with E-state index in [2.05, 4.69) is 9.62 Å². The van der Waals surface area contributed by atoms with E-state index in [-0.39, 0.29) is 15.8 Å². The lowest BCUT2D eigenvalue weighted by molar-refractivity contribution is 0.0697. The van der Waals surface area contributed by atoms with E-state index in [1.807, 2.05) is 0 Å². The average Bonchev–Trinajstić information content (AvgIpc) is 2.91. The fraction of sp³-hybridized carbons (Fsp3) is 0.583. The van der Waals surface area contributed by atoms with Gasteiger partial charge in [-0.25, -0.2) is 17.9 Å². The number of thiophene rings is 1. The molecular weight excluding hydrogens is 300 g/mol. The molecule has 8 heteroatoms. The lowest BCUT2D eigenvalue weighted by Crippen LogP contribution is -2.37. The normalized spacial score (nSPS) is 24.1. The summed E-state index contributed by atoms with van der Waals surface area (Å²) in [6.45, 7) is 1.68. The van der Waals surface area contributed by atoms with Crippen molar-refractivity contribution in [3.05, 3.63) is 17.0 Å². The topological polar surface area (TPSA) is 86.7 Å². The first kappa shape index (κ1) is 14.0. The van der Waals surface area contributed by atoms with Crippen molar-refractivity contribution in [2.45, 2.75) is 35.6 Å². The highest BCUT2D eigenvalue weighted by Gasteiger charge is 2.36. The molecule has 1 aliphatic carbocycles. The van der Waals surface area contributed by atoms with E-state index in [1.54, 1.807) is 0 Å². The van der Waals surface area contributed by atoms with E-state index >= 15 is 0 Å². The van der Waals surface area contributed by atoms with E-state index < -0.39 is 16.0 Å². The van der Waals surface area contributed by atoms with Crippen molar-refractivity contribution in [3.8, 4) is 0 Å². The minimum absolute atomic E-state index is 0.0152. The van der Waals surface area contributed by atoms with E-state index in [9.17, 15) is 13.2 Å². The zero-order valence-corrected chi connectivity index (χ0v) is 12.4. The Labute approximate surface area is 121 Å². The predicted octanol–water partition coefficient (Wildman–Crippen LogP) is 0.961. The number of nitrogens with zero attached hydrogens (tertiary/aromatic N) is 1. The van der Waals surface area contributed by atoms with Crippen LogP contribution < -0.4 is 4.72 Å². The maximum Gasteiger partial charge on any atom is 0.336 e. The molecule has 2 heterocycles. The molecule has 2 fully saturated rings. The molecule has 1 saturated carbocycles. The number of carbonyl (C=O) groups is 1. The van der Waals surface area contributed by atoms with Gasteiger partial charge in [0.25, 0.3) is 0 Å². The van der Waals surface area contributed by atoms with Gasteiger partial charge in [0.15, 0.2) is 0 Å². The van der Waals surface area contributed by atoms with Crippen LogP contribution in [0.3, 0.4) is 0 Å². The van der Waals surface area contributed by atoms with Crippen LogP contribution in [0.25, 0.3) is 0 Å². The van der Waals surface area contributed by atoms with Crippen molar-refractivity contribution in [3.63, 3.8) is 0 Å². The first-order valence-corrected chi connectivity index (χ1v) is 8.90. The summed E-state index contributed by atoms with van der Waals surface area (Å²) in [6.07, 6.45) is 3.24. The summed E-state index contributed by atoms with van der Waals surface area (Å²) in [4.78, 5) is 13.1. The summed E-state index contributed by atoms with van der Waals surface area (Å²) in [6, 6.07) is 1.78. The summed E-state index contributed by atoms with van der Waals surface area (Å²) in [5.74, 6) is -1.11. The molecule has 1 aromatic heterocycles. The van der Waals surface area contributed by atoms with Gasteiger partial charge in [0, 0.05) is 30.6 Å². The Kier molecular flexibility index (Phi) is 3.57. The zero-order valence-electron chi connectivity index (χ0n) is 10.8. The second-order valence-corrected chi connectivity index (χ2v) is 8.14. The third-order valence-electron chi connectivity index (χ3n) is 3.69. The number of hydrogen-bond donors (Lipinski definition) is 2. The average molecular weight is 316 g/mol. The summed E-state index contributed by atoms with van der Waals surface area (Å²) in [7, 11) is -3.61. The van der Waals surface area contributed by atoms with Crippen molar-refractivity contribution < 1.29 is 18.3 Å². The molecule has 0 aromatic carbocycles. The van der Waals surface area contributed by atoms with Crippen molar-refractivity contribution in [2.24, 2.45) is 0 Å². The van der Waals surface area contributed by atoms with Gasteiger partial charge < -0.3 is 5.11 Å². The van der Waals surface area contributed by atoms with E-state index in [4.69, 9.17) is 5.11 Å². The third-order valence-corrected chi connectivity index (χ3v) is 6.65. The van der Waals surface area contributed by atoms with Gasteiger partial charge in [-0.2, -0.15) is 0 Å². The summed E-state index contributed by atoms with van der Waals surface area (Å²) in [5, 5.41) is 10.2. The molecule has 2 N–H and O–H groups in total. The quantitative estimate of drug-likeness (QED) is 0.845. The molecule has 3 rings (SSSR count). The molecule has 1 saturated heterocycles. The number of carboxylic acids is 1. The number of aromatic carboxylic acids is 1. The summed E-state index contributed by atoms with van der Waals surface area (Å²) >= 11 is 0.943. The first-order valence-electron chi connectivity index (χ1n) is 6.54. The highest BCUT2D eigenvalue weighted by molar-refractivity contribution is 7.91. The molecule has 1 aliphatic heterocycles. The SMILES string of the molecule is O=C(O)c1csc(S(=O)(=O)NC2CCN(C3CC3)C2)c1. The Morgan fingerprint density at radius 1 is 1.40 bits per heavy atom. The van der Waals surface area contributed by atoms with Crippen LogP contribution in [0.1, 0.15) is 29.6 Å². The molecule has 1 atom stereocenters. The van der Waals surface area contributed by atoms with Gasteiger partial charge >= 0.3 is 5.97 Å². The van der Waals surface area contributed by atoms with Crippen molar-refractivity contribution >= 4 is 27.3 Å². The second kappa shape index (κ2) is 5.10. The lowest BCUT2D eigenvalue weighted by Gasteiger charge is -2.15. The van der Waals surface area contributed by atoms with Gasteiger partial charge in [-0.15, -0.1) is 11.3 Å². The van der Waals surface area contributed by atoms with Crippen LogP contribution in [-0.4, -0.2) is 49.6 Å². The maximum absolute atomic E-state index is 12.2. The maximum atomic E-state index is 12.2. The largest absolute Gasteiger partial charge is 0.478 e. The highest BCUT2D eigenvalue weighted by Crippen LogP contribution is 2.30. The second-order valence-electron chi connectivity index (χ2n) is 5.29. The first-order chi connectivity index (χ1) is 9.45. The van der Waals surface area contributed by atoms with Gasteiger partial charge in [0.05, 0.1) is 5.56 Å². The van der Waals surface area contributed by atoms with E-state index in [0.717, 1.165) is 30.8 Å². The molecule has 0 spiro atoms. The number of hydrogen-bond acceptors (Lipinski definition) is 5. The Hall–Kier alpha value is -0.960. The standard InChI is InChI=1S/C12H16N2O4S2/c15-12(16)8-5-11(19-7-8)20(17,18)13-9-3-4-14(6-9)10-1-2-10/h5,7,9-10,13H,1-4,6H2,(H,15,16). The summed E-state index contributed by atoms with van der Waals surface area (Å²) in [5.41, 5.74) is 0.0152. The number of sulfonamides is 1. The molecule has 110 valence electrons. The Morgan fingerprint density at radius 3 is 2.75 bits per heavy atom. The van der Waals surface area contributed by atoms with E-state index in [0.29, 0.717) is 6.04 Å². The molecule has 1 unspecified atom stereocenters. The highest BCUT2D eigenvalue weighted by atomic mass is 32.2. The monoisotopic (exact) mass is 316 g/mol. The Morgan fingerprint density at radius 2 is 2.15 bits per heavy atom. The molecule has 0 bridgehead atoms. The van der Waals surface area contributed by atoms with Gasteiger partial charge in [-0.1, -0.05) is 0 Å². The fourth-order valence-corrected chi connectivity index (χ4v) is 4.93. The molecule has 20 heavy (non-hydrogen) atoms. The molecule has 1 aromatic rings. The minimum Gasteiger partial charge on any atom is -0.478 e. The lowest BCUT2D eigenvalue weighted by atomic mass is 10.3. The smallest absolute Gasteiger partial charge is 0.336 e. The van der Waals surface area contributed by atoms with Crippen molar-refractivity contribution in [1.82, 2.24) is 9.62 Å². The zero-order chi connectivity index (χ0) is 14.3. The van der Waals surface area contributed by atoms with Crippen LogP contribution in [0, 0.1) is 0 Å². The number of carboxylic acid groups (broad SMARTS) is 1.